The van der Waals surface area contributed by atoms with E-state index in [9.17, 15) is 0 Å². The van der Waals surface area contributed by atoms with Gasteiger partial charge in [-0.05, 0) is 0 Å². The van der Waals surface area contributed by atoms with Crippen molar-refractivity contribution in [2.75, 3.05) is 0 Å². The molecule has 0 N–H and O–H groups in total. The summed E-state index contributed by atoms with van der Waals surface area (Å²) in [5.74, 6) is 0. The third-order valence-corrected chi connectivity index (χ3v) is 0. The van der Waals surface area contributed by atoms with Crippen molar-refractivity contribution in [3.8, 4) is 0 Å². The van der Waals surface area contributed by atoms with Crippen LogP contribution in [-0.4, -0.2) is 17.4 Å². The van der Waals surface area contributed by atoms with Crippen molar-refractivity contribution >= 4 is 67.0 Å². The van der Waals surface area contributed by atoms with Crippen molar-refractivity contribution in [2.45, 2.75) is 0 Å². The summed E-state index contributed by atoms with van der Waals surface area (Å²) in [5.41, 5.74) is 0. The summed E-state index contributed by atoms with van der Waals surface area (Å²) in [6, 6.07) is 0. The minimum absolute atomic E-state index is 0. The third kappa shape index (κ3) is 33.3. The van der Waals surface area contributed by atoms with E-state index in [0.29, 0.717) is 0 Å². The van der Waals surface area contributed by atoms with Gasteiger partial charge in [0.2, 0.25) is 0 Å². The molecule has 0 aromatic carbocycles. The van der Waals surface area contributed by atoms with Gasteiger partial charge < -0.3 is 0 Å². The zero-order valence-corrected chi connectivity index (χ0v) is 8.57. The molecule has 0 heterocycles. The van der Waals surface area contributed by atoms with E-state index in [-0.39, 0.29) is 86.5 Å². The molecule has 0 bridgehead atoms. The predicted octanol–water partition coefficient (Wildman–Crippen LogP) is 0.501. The maximum atomic E-state index is 0. The summed E-state index contributed by atoms with van der Waals surface area (Å²) in [6.07, 6.45) is 0. The quantitative estimate of drug-likeness (QED) is 0.542. The molecule has 0 fully saturated rings. The molecule has 0 unspecified atom stereocenters. The van der Waals surface area contributed by atoms with Gasteiger partial charge in [0, 0.05) is 19.5 Å². The van der Waals surface area contributed by atoms with Gasteiger partial charge in [-0.15, -0.1) is 49.6 Å². The molecule has 0 amide bonds. The second-order valence-electron chi connectivity index (χ2n) is 0. The molecule has 0 atom stereocenters. The average molecular weight is 241 g/mol. The van der Waals surface area contributed by atoms with Gasteiger partial charge in [0.05, 0.1) is 0 Å². The van der Waals surface area contributed by atoms with Crippen LogP contribution in [0.1, 0.15) is 0 Å². The summed E-state index contributed by atoms with van der Waals surface area (Å²) in [6.45, 7) is 0. The first-order chi connectivity index (χ1) is 0. The SMILES string of the molecule is Cl.Cl.Cl.Cl.[AlH3].[Zn]. The Kier molecular flexibility index (Phi) is 753. The van der Waals surface area contributed by atoms with Crippen LogP contribution in [0.15, 0.2) is 0 Å². The molecule has 0 spiro atoms. The van der Waals surface area contributed by atoms with E-state index in [2.05, 4.69) is 0 Å². The van der Waals surface area contributed by atoms with Gasteiger partial charge in [-0.3, -0.25) is 0 Å². The molecule has 0 aromatic heterocycles. The topological polar surface area (TPSA) is 0 Å². The monoisotopic (exact) mass is 238 g/mol. The number of hydrogen-bond donors (Lipinski definition) is 0. The molecule has 6 heteroatoms. The maximum absolute atomic E-state index is 0. The molecular weight excluding hydrogens is 234 g/mol. The van der Waals surface area contributed by atoms with E-state index in [1.54, 1.807) is 0 Å². The second-order valence-corrected chi connectivity index (χ2v) is 0. The van der Waals surface area contributed by atoms with E-state index in [4.69, 9.17) is 0 Å². The molecule has 6 heavy (non-hydrogen) atoms. The Labute approximate surface area is 85.7 Å². The van der Waals surface area contributed by atoms with Crippen molar-refractivity contribution in [1.82, 2.24) is 0 Å². The molecule has 0 aliphatic carbocycles. The van der Waals surface area contributed by atoms with E-state index in [1.807, 2.05) is 0 Å². The molecule has 0 nitrogen and oxygen atoms in total. The van der Waals surface area contributed by atoms with E-state index < -0.39 is 0 Å². The van der Waals surface area contributed by atoms with Crippen molar-refractivity contribution in [3.05, 3.63) is 0 Å². The van der Waals surface area contributed by atoms with Gasteiger partial charge >= 0.3 is 0 Å². The van der Waals surface area contributed by atoms with Crippen LogP contribution in [0.25, 0.3) is 0 Å². The zero-order valence-electron chi connectivity index (χ0n) is 2.34. The van der Waals surface area contributed by atoms with Gasteiger partial charge in [-0.25, -0.2) is 0 Å². The maximum Gasteiger partial charge on any atom is 0.187 e. The number of hydrogen-bond acceptors (Lipinski definition) is 0. The van der Waals surface area contributed by atoms with E-state index in [1.165, 1.54) is 0 Å². The smallest absolute Gasteiger partial charge is 0.147 e. The molecule has 0 rings (SSSR count). The fourth-order valence-electron chi connectivity index (χ4n) is 0. The molecule has 40 valence electrons. The van der Waals surface area contributed by atoms with Crippen molar-refractivity contribution in [3.63, 3.8) is 0 Å². The Morgan fingerprint density at radius 1 is 0.500 bits per heavy atom. The summed E-state index contributed by atoms with van der Waals surface area (Å²) in [5, 5.41) is 0. The molecule has 0 aliphatic heterocycles. The van der Waals surface area contributed by atoms with Crippen LogP contribution in [0.5, 0.6) is 0 Å². The van der Waals surface area contributed by atoms with Gasteiger partial charge in [-0.2, -0.15) is 0 Å². The molecule has 0 saturated carbocycles. The normalized spacial score (nSPS) is 0. The molecular formula is H7AlCl4Zn. The predicted molar refractivity (Wildman–Crippen MR) is 38.9 cm³/mol. The van der Waals surface area contributed by atoms with E-state index in [0.717, 1.165) is 0 Å². The Balaban J connectivity index is 0. The molecule has 0 saturated heterocycles. The standard InChI is InChI=1S/Al.4ClH.Zn.3H/h;4*1H;;;;. The fourth-order valence-corrected chi connectivity index (χ4v) is 0. The Bertz CT molecular complexity index is 7.51. The third-order valence-electron chi connectivity index (χ3n) is 0. The van der Waals surface area contributed by atoms with Crippen LogP contribution < -0.4 is 0 Å². The first-order valence-electron chi connectivity index (χ1n) is 0. The summed E-state index contributed by atoms with van der Waals surface area (Å²) >= 11 is 0. The summed E-state index contributed by atoms with van der Waals surface area (Å²) in [4.78, 5) is 0. The van der Waals surface area contributed by atoms with Crippen LogP contribution >= 0.6 is 49.6 Å². The van der Waals surface area contributed by atoms with Gasteiger partial charge in [0.15, 0.2) is 17.4 Å². The minimum Gasteiger partial charge on any atom is -0.147 e. The Hall–Kier alpha value is 2.32. The number of halogens is 4. The van der Waals surface area contributed by atoms with Crippen molar-refractivity contribution < 1.29 is 19.5 Å². The van der Waals surface area contributed by atoms with Gasteiger partial charge in [0.1, 0.15) is 0 Å². The Morgan fingerprint density at radius 2 is 0.500 bits per heavy atom. The fraction of sp³-hybridized carbons (Fsp3) is 0. The van der Waals surface area contributed by atoms with E-state index >= 15 is 0 Å². The minimum atomic E-state index is 0. The molecule has 0 aliphatic rings. The second kappa shape index (κ2) is 54.4. The molecule has 0 radical (unpaired) electrons. The zero-order chi connectivity index (χ0) is 0. The first kappa shape index (κ1) is 83.0. The van der Waals surface area contributed by atoms with Crippen LogP contribution in [0.2, 0.25) is 0 Å². The summed E-state index contributed by atoms with van der Waals surface area (Å²) in [7, 11) is 0. The van der Waals surface area contributed by atoms with Crippen molar-refractivity contribution in [2.24, 2.45) is 0 Å². The number of rotatable bonds is 0. The average Bonchev–Trinajstić information content (AvgIpc) is 0. The van der Waals surface area contributed by atoms with Crippen molar-refractivity contribution in [1.29, 1.82) is 0 Å². The molecule has 0 aromatic rings. The summed E-state index contributed by atoms with van der Waals surface area (Å²) < 4.78 is 0. The van der Waals surface area contributed by atoms with Crippen LogP contribution in [0.4, 0.5) is 0 Å². The Morgan fingerprint density at radius 3 is 0.500 bits per heavy atom. The van der Waals surface area contributed by atoms with Gasteiger partial charge in [0.25, 0.3) is 0 Å². The largest absolute Gasteiger partial charge is 0.187 e. The van der Waals surface area contributed by atoms with Crippen LogP contribution in [0, 0.1) is 0 Å². The van der Waals surface area contributed by atoms with Gasteiger partial charge in [-0.1, -0.05) is 0 Å². The van der Waals surface area contributed by atoms with Crippen LogP contribution in [0.3, 0.4) is 0 Å². The van der Waals surface area contributed by atoms with Crippen LogP contribution in [-0.2, 0) is 19.5 Å². The first-order valence-corrected chi connectivity index (χ1v) is 0.